The average Bonchev–Trinajstić information content (AvgIpc) is 3.80. The van der Waals surface area contributed by atoms with Crippen LogP contribution < -0.4 is 24.6 Å². The fourth-order valence-corrected chi connectivity index (χ4v) is 16.5. The Morgan fingerprint density at radius 2 is 1.33 bits per heavy atom. The van der Waals surface area contributed by atoms with Gasteiger partial charge in [0.2, 0.25) is 17.7 Å². The van der Waals surface area contributed by atoms with Gasteiger partial charge < -0.3 is 24.4 Å². The van der Waals surface area contributed by atoms with Gasteiger partial charge in [-0.1, -0.05) is 110 Å². The molecule has 6 aromatic carbocycles. The van der Waals surface area contributed by atoms with Crippen molar-refractivity contribution < 1.29 is 33.8 Å². The summed E-state index contributed by atoms with van der Waals surface area (Å²) in [4.78, 5) is 66.0. The Labute approximate surface area is 410 Å². The summed E-state index contributed by atoms with van der Waals surface area (Å²) < 4.78 is 13.1. The molecule has 11 rings (SSSR count). The quantitative estimate of drug-likeness (QED) is 0.136. The van der Waals surface area contributed by atoms with Gasteiger partial charge >= 0.3 is 0 Å². The number of para-hydroxylation sites is 2. The van der Waals surface area contributed by atoms with E-state index in [0.29, 0.717) is 55.6 Å². The standard InChI is InChI=1S/C58H58N4O7Si/c1-37-56(70(3,4)47-25-23-46(68-2)24-26-47)52(33-55(66)59-35-42-16-6-5-15-41(42)31-45(59)36-63)69-58(37)48-32-44(62-50-19-10-8-14-40(50)21-29-54(62)65)22-27-51(48)60(57(58)67)34-38-12-11-17-43(30-38)61-49-18-9-7-13-39(49)20-28-53(61)64/h5-19,22-27,30,32,37,45,52,56,63H,20-21,28-29,31,33-36H2,1-4H3/t37-,45-,52+,56-,58+/m0/s1. The summed E-state index contributed by atoms with van der Waals surface area (Å²) >= 11 is 0. The first-order valence-corrected chi connectivity index (χ1v) is 27.7. The van der Waals surface area contributed by atoms with Crippen molar-refractivity contribution in [1.29, 1.82) is 0 Å². The number of hydrogen-bond donors (Lipinski definition) is 1. The van der Waals surface area contributed by atoms with Crippen molar-refractivity contribution in [3.63, 3.8) is 0 Å². The zero-order valence-electron chi connectivity index (χ0n) is 40.1. The van der Waals surface area contributed by atoms with E-state index in [1.807, 2.05) is 109 Å². The maximum absolute atomic E-state index is 16.1. The molecule has 5 aliphatic rings. The molecule has 0 unspecified atom stereocenters. The summed E-state index contributed by atoms with van der Waals surface area (Å²) in [5.41, 5.74) is 7.78. The van der Waals surface area contributed by atoms with Crippen LogP contribution in [0.15, 0.2) is 140 Å². The number of fused-ring (bicyclic) bond motifs is 5. The second-order valence-corrected chi connectivity index (χ2v) is 24.9. The van der Waals surface area contributed by atoms with Gasteiger partial charge in [-0.05, 0) is 107 Å². The van der Waals surface area contributed by atoms with Gasteiger partial charge in [-0.15, -0.1) is 0 Å². The van der Waals surface area contributed by atoms with Crippen molar-refractivity contribution in [2.75, 3.05) is 28.4 Å². The van der Waals surface area contributed by atoms with Crippen molar-refractivity contribution in [2.45, 2.75) is 94.9 Å². The molecule has 70 heavy (non-hydrogen) atoms. The van der Waals surface area contributed by atoms with Gasteiger partial charge in [0, 0.05) is 42.2 Å². The topological polar surface area (TPSA) is 120 Å². The monoisotopic (exact) mass is 950 g/mol. The highest BCUT2D eigenvalue weighted by Crippen LogP contribution is 2.61. The molecule has 1 fully saturated rings. The predicted molar refractivity (Wildman–Crippen MR) is 274 cm³/mol. The fraction of sp³-hybridized carbons (Fsp3) is 0.310. The Hall–Kier alpha value is -6.86. The Morgan fingerprint density at radius 1 is 0.714 bits per heavy atom. The van der Waals surface area contributed by atoms with Gasteiger partial charge in [-0.3, -0.25) is 29.0 Å². The van der Waals surface area contributed by atoms with Gasteiger partial charge in [0.05, 0.1) is 64.0 Å². The molecule has 5 heterocycles. The molecule has 12 heteroatoms. The molecule has 0 aromatic heterocycles. The summed E-state index contributed by atoms with van der Waals surface area (Å²) in [7, 11) is -1.04. The number of aryl methyl sites for hydroxylation is 2. The third kappa shape index (κ3) is 7.46. The fourth-order valence-electron chi connectivity index (χ4n) is 12.5. The second kappa shape index (κ2) is 17.8. The van der Waals surface area contributed by atoms with E-state index in [4.69, 9.17) is 9.47 Å². The molecule has 0 radical (unpaired) electrons. The van der Waals surface area contributed by atoms with Gasteiger partial charge in [-0.25, -0.2) is 0 Å². The third-order valence-electron chi connectivity index (χ3n) is 16.0. The average molecular weight is 951 g/mol. The first-order chi connectivity index (χ1) is 33.9. The molecule has 5 atom stereocenters. The van der Waals surface area contributed by atoms with Gasteiger partial charge in [0.25, 0.3) is 5.91 Å². The highest BCUT2D eigenvalue weighted by molar-refractivity contribution is 6.91. The number of methoxy groups -OCH3 is 1. The molecule has 0 aliphatic carbocycles. The number of aliphatic hydroxyl groups is 1. The number of anilines is 5. The molecule has 0 bridgehead atoms. The van der Waals surface area contributed by atoms with Crippen LogP contribution in [-0.2, 0) is 61.9 Å². The van der Waals surface area contributed by atoms with Crippen LogP contribution in [0.4, 0.5) is 28.4 Å². The van der Waals surface area contributed by atoms with Gasteiger partial charge in [-0.2, -0.15) is 0 Å². The van der Waals surface area contributed by atoms with Crippen LogP contribution in [0.1, 0.15) is 59.6 Å². The number of ether oxygens (including phenoxy) is 2. The molecule has 0 saturated carbocycles. The molecule has 5 aliphatic heterocycles. The minimum atomic E-state index is -2.69. The minimum Gasteiger partial charge on any atom is -0.497 e. The summed E-state index contributed by atoms with van der Waals surface area (Å²) in [5.74, 6) is -0.0824. The zero-order valence-corrected chi connectivity index (χ0v) is 41.1. The number of rotatable bonds is 10. The predicted octanol–water partition coefficient (Wildman–Crippen LogP) is 9.02. The largest absolute Gasteiger partial charge is 0.497 e. The van der Waals surface area contributed by atoms with Crippen LogP contribution in [0.2, 0.25) is 18.6 Å². The van der Waals surface area contributed by atoms with Gasteiger partial charge in [0.1, 0.15) is 5.75 Å². The zero-order chi connectivity index (χ0) is 48.5. The number of aliphatic hydroxyl groups excluding tert-OH is 1. The van der Waals surface area contributed by atoms with E-state index < -0.39 is 31.7 Å². The van der Waals surface area contributed by atoms with E-state index in [-0.39, 0.29) is 48.7 Å². The number of carbonyl (C=O) groups is 4. The lowest BCUT2D eigenvalue weighted by molar-refractivity contribution is -0.151. The normalized spacial score (nSPS) is 22.8. The molecule has 356 valence electrons. The summed E-state index contributed by atoms with van der Waals surface area (Å²) in [5, 5.41) is 11.8. The van der Waals surface area contributed by atoms with Crippen LogP contribution in [0.3, 0.4) is 0 Å². The van der Waals surface area contributed by atoms with Crippen molar-refractivity contribution in [3.05, 3.63) is 173 Å². The van der Waals surface area contributed by atoms with E-state index >= 15 is 9.59 Å². The Morgan fingerprint density at radius 3 is 1.97 bits per heavy atom. The lowest BCUT2D eigenvalue weighted by Gasteiger charge is -2.39. The van der Waals surface area contributed by atoms with Crippen molar-refractivity contribution in [3.8, 4) is 5.75 Å². The maximum Gasteiger partial charge on any atom is 0.264 e. The first-order valence-electron chi connectivity index (χ1n) is 24.6. The Balaban J connectivity index is 1.03. The van der Waals surface area contributed by atoms with Crippen molar-refractivity contribution in [2.24, 2.45) is 5.92 Å². The highest BCUT2D eigenvalue weighted by Gasteiger charge is 2.67. The number of amides is 4. The van der Waals surface area contributed by atoms with Crippen molar-refractivity contribution in [1.82, 2.24) is 4.90 Å². The smallest absolute Gasteiger partial charge is 0.264 e. The summed E-state index contributed by atoms with van der Waals surface area (Å²) in [6.07, 6.45) is 1.94. The van der Waals surface area contributed by atoms with Crippen LogP contribution in [0.25, 0.3) is 0 Å². The summed E-state index contributed by atoms with van der Waals surface area (Å²) in [6, 6.07) is 45.5. The first kappa shape index (κ1) is 45.6. The van der Waals surface area contributed by atoms with E-state index in [1.54, 1.807) is 26.7 Å². The minimum absolute atomic E-state index is 0.00960. The molecular formula is C58H58N4O7Si. The van der Waals surface area contributed by atoms with Crippen LogP contribution in [0.5, 0.6) is 5.75 Å². The van der Waals surface area contributed by atoms with Crippen molar-refractivity contribution >= 4 is 65.3 Å². The highest BCUT2D eigenvalue weighted by atomic mass is 28.3. The molecule has 1 saturated heterocycles. The molecule has 6 aromatic rings. The third-order valence-corrected chi connectivity index (χ3v) is 20.4. The van der Waals surface area contributed by atoms with Gasteiger partial charge in [0.15, 0.2) is 5.60 Å². The van der Waals surface area contributed by atoms with E-state index in [2.05, 4.69) is 50.3 Å². The van der Waals surface area contributed by atoms with Crippen LogP contribution >= 0.6 is 0 Å². The van der Waals surface area contributed by atoms with Crippen LogP contribution in [-0.4, -0.2) is 67.6 Å². The van der Waals surface area contributed by atoms with E-state index in [9.17, 15) is 14.7 Å². The molecular weight excluding hydrogens is 893 g/mol. The molecule has 4 amide bonds. The number of nitrogens with zero attached hydrogens (tertiary/aromatic N) is 4. The molecule has 1 spiro atoms. The Bertz CT molecular complexity index is 3070. The maximum atomic E-state index is 16.1. The second-order valence-electron chi connectivity index (χ2n) is 20.2. The Kier molecular flexibility index (Phi) is 11.6. The van der Waals surface area contributed by atoms with Crippen LogP contribution in [0, 0.1) is 5.92 Å². The number of hydrogen-bond acceptors (Lipinski definition) is 7. The molecule has 1 N–H and O–H groups in total. The number of benzene rings is 6. The lowest BCUT2D eigenvalue weighted by atomic mass is 9.82. The van der Waals surface area contributed by atoms with E-state index in [1.165, 1.54) is 0 Å². The number of carbonyl (C=O) groups excluding carboxylic acids is 4. The lowest BCUT2D eigenvalue weighted by Crippen LogP contribution is -2.52. The molecule has 11 nitrogen and oxygen atoms in total. The van der Waals surface area contributed by atoms with E-state index in [0.717, 1.165) is 55.8 Å². The summed E-state index contributed by atoms with van der Waals surface area (Å²) in [6.45, 7) is 7.09. The SMILES string of the molecule is COc1ccc([Si](C)(C)[C@@H]2[C@@H](CC(=O)N3Cc4ccccc4C[C@H]3CO)O[C@]3(C(=O)N(Cc4cccc(N5C(=O)CCc6ccccc65)c4)c4ccc(N5C(=O)CCc6ccccc65)cc43)[C@H]2C)cc1.